The van der Waals surface area contributed by atoms with E-state index in [1.807, 2.05) is 30.3 Å². The molecular weight excluding hydrogens is 306 g/mol. The summed E-state index contributed by atoms with van der Waals surface area (Å²) in [6.45, 7) is 3.58. The molecule has 0 N–H and O–H groups in total. The van der Waals surface area contributed by atoms with Gasteiger partial charge in [0.25, 0.3) is 0 Å². The van der Waals surface area contributed by atoms with Crippen LogP contribution in [0, 0.1) is 5.92 Å². The van der Waals surface area contributed by atoms with Crippen LogP contribution in [0.4, 0.5) is 10.8 Å². The number of rotatable bonds is 2. The zero-order chi connectivity index (χ0) is 16.1. The number of ether oxygens (including phenoxy) is 1. The number of amides is 1. The third-order valence-electron chi connectivity index (χ3n) is 5.55. The van der Waals surface area contributed by atoms with Crippen LogP contribution in [0.25, 0.3) is 11.3 Å². The molecule has 0 radical (unpaired) electrons. The van der Waals surface area contributed by atoms with Crippen LogP contribution >= 0.6 is 0 Å². The van der Waals surface area contributed by atoms with Gasteiger partial charge in [-0.25, -0.2) is 9.69 Å². The maximum absolute atomic E-state index is 12.5. The fraction of sp³-hybridized carbons (Fsp3) is 0.444. The average Bonchev–Trinajstić information content (AvgIpc) is 3.22. The van der Waals surface area contributed by atoms with Crippen LogP contribution in [0.2, 0.25) is 0 Å². The van der Waals surface area contributed by atoms with Crippen LogP contribution in [-0.2, 0) is 4.74 Å². The first kappa shape index (κ1) is 14.0. The lowest BCUT2D eigenvalue weighted by Gasteiger charge is -2.49. The first-order valence-corrected chi connectivity index (χ1v) is 8.47. The quantitative estimate of drug-likeness (QED) is 0.850. The molecule has 0 saturated carbocycles. The minimum absolute atomic E-state index is 0.326. The maximum atomic E-state index is 12.5. The van der Waals surface area contributed by atoms with E-state index in [2.05, 4.69) is 9.88 Å². The molecule has 1 aromatic carbocycles. The van der Waals surface area contributed by atoms with Gasteiger partial charge in [0.2, 0.25) is 0 Å². The topological polar surface area (TPSA) is 58.8 Å². The molecule has 4 aliphatic heterocycles. The van der Waals surface area contributed by atoms with Crippen LogP contribution in [0.1, 0.15) is 12.8 Å². The number of carbonyl (C=O) groups is 1. The molecule has 6 heteroatoms. The predicted molar refractivity (Wildman–Crippen MR) is 87.7 cm³/mol. The molecule has 1 spiro atoms. The highest BCUT2D eigenvalue weighted by atomic mass is 16.6. The molecular formula is C18H19N3O3. The number of anilines is 1. The van der Waals surface area contributed by atoms with Crippen molar-refractivity contribution in [1.82, 2.24) is 9.88 Å². The smallest absolute Gasteiger partial charge is 0.418 e. The summed E-state index contributed by atoms with van der Waals surface area (Å²) in [5.41, 5.74) is 1.31. The lowest BCUT2D eigenvalue weighted by atomic mass is 9.75. The van der Waals surface area contributed by atoms with Gasteiger partial charge >= 0.3 is 12.1 Å². The molecule has 124 valence electrons. The number of carbonyl (C=O) groups excluding carboxylic acids is 1. The molecule has 4 fully saturated rings. The Hall–Kier alpha value is -2.34. The third kappa shape index (κ3) is 2.06. The van der Waals surface area contributed by atoms with Crippen molar-refractivity contribution in [2.24, 2.45) is 5.92 Å². The van der Waals surface area contributed by atoms with Gasteiger partial charge in [-0.2, -0.15) is 4.98 Å². The molecule has 1 aromatic heterocycles. The summed E-state index contributed by atoms with van der Waals surface area (Å²) in [5.74, 6) is 0.444. The van der Waals surface area contributed by atoms with Crippen molar-refractivity contribution in [3.8, 4) is 11.3 Å². The highest BCUT2D eigenvalue weighted by molar-refractivity contribution is 5.88. The standard InChI is InChI=1S/C18H19N3O3/c22-17-21(12-18(24-17)11-20-8-6-14(18)7-9-20)16-19-15(10-23-16)13-4-2-1-3-5-13/h1-5,10,14H,6-9,11-12H2. The molecule has 4 saturated heterocycles. The predicted octanol–water partition coefficient (Wildman–Crippen LogP) is 2.76. The molecule has 1 amide bonds. The minimum Gasteiger partial charge on any atom is -0.439 e. The molecule has 2 bridgehead atoms. The van der Waals surface area contributed by atoms with Gasteiger partial charge in [-0.05, 0) is 25.9 Å². The summed E-state index contributed by atoms with van der Waals surface area (Å²) in [6, 6.07) is 10.1. The van der Waals surface area contributed by atoms with Crippen molar-refractivity contribution in [3.05, 3.63) is 36.6 Å². The van der Waals surface area contributed by atoms with E-state index in [1.165, 1.54) is 0 Å². The molecule has 6 rings (SSSR count). The minimum atomic E-state index is -0.394. The van der Waals surface area contributed by atoms with E-state index in [0.717, 1.165) is 43.7 Å². The zero-order valence-corrected chi connectivity index (χ0v) is 13.4. The van der Waals surface area contributed by atoms with Gasteiger partial charge in [-0.3, -0.25) is 4.90 Å². The zero-order valence-electron chi connectivity index (χ0n) is 13.4. The normalized spacial score (nSPS) is 31.7. The van der Waals surface area contributed by atoms with Gasteiger partial charge < -0.3 is 9.15 Å². The van der Waals surface area contributed by atoms with Crippen LogP contribution in [0.15, 0.2) is 41.0 Å². The number of aromatic nitrogens is 1. The van der Waals surface area contributed by atoms with Crippen molar-refractivity contribution in [1.29, 1.82) is 0 Å². The Balaban J connectivity index is 1.42. The summed E-state index contributed by atoms with van der Waals surface area (Å²) >= 11 is 0. The molecule has 1 atom stereocenters. The van der Waals surface area contributed by atoms with Gasteiger partial charge in [-0.15, -0.1) is 0 Å². The van der Waals surface area contributed by atoms with Crippen LogP contribution in [-0.4, -0.2) is 47.8 Å². The van der Waals surface area contributed by atoms with Crippen molar-refractivity contribution in [3.63, 3.8) is 0 Å². The Bertz CT molecular complexity index is 767. The molecule has 5 heterocycles. The Kier molecular flexibility index (Phi) is 2.97. The summed E-state index contributed by atoms with van der Waals surface area (Å²) in [7, 11) is 0. The Morgan fingerprint density at radius 2 is 1.92 bits per heavy atom. The van der Waals surface area contributed by atoms with Crippen LogP contribution in [0.5, 0.6) is 0 Å². The largest absolute Gasteiger partial charge is 0.439 e. The van der Waals surface area contributed by atoms with Crippen molar-refractivity contribution >= 4 is 12.1 Å². The molecule has 4 aliphatic rings. The second-order valence-corrected chi connectivity index (χ2v) is 6.95. The lowest BCUT2D eigenvalue weighted by Crippen LogP contribution is -2.61. The molecule has 24 heavy (non-hydrogen) atoms. The highest BCUT2D eigenvalue weighted by Gasteiger charge is 2.56. The average molecular weight is 325 g/mol. The van der Waals surface area contributed by atoms with Crippen molar-refractivity contribution in [2.45, 2.75) is 18.4 Å². The van der Waals surface area contributed by atoms with E-state index in [-0.39, 0.29) is 6.09 Å². The number of nitrogens with zero attached hydrogens (tertiary/aromatic N) is 3. The highest BCUT2D eigenvalue weighted by Crippen LogP contribution is 2.43. The third-order valence-corrected chi connectivity index (χ3v) is 5.55. The van der Waals surface area contributed by atoms with E-state index in [4.69, 9.17) is 9.15 Å². The SMILES string of the molecule is O=C1OC2(CN3CCC2CC3)CN1c1nc(-c2ccccc2)co1. The lowest BCUT2D eigenvalue weighted by molar-refractivity contribution is -0.0881. The number of benzene rings is 1. The second-order valence-electron chi connectivity index (χ2n) is 6.95. The summed E-state index contributed by atoms with van der Waals surface area (Å²) in [6.07, 6.45) is 3.45. The number of hydrogen-bond acceptors (Lipinski definition) is 5. The molecule has 0 aliphatic carbocycles. The van der Waals surface area contributed by atoms with Gasteiger partial charge in [0.05, 0.1) is 6.54 Å². The first-order chi connectivity index (χ1) is 11.7. The monoisotopic (exact) mass is 325 g/mol. The number of oxazole rings is 1. The van der Waals surface area contributed by atoms with Gasteiger partial charge in [0, 0.05) is 18.0 Å². The Morgan fingerprint density at radius 3 is 2.62 bits per heavy atom. The van der Waals surface area contributed by atoms with E-state index in [9.17, 15) is 4.79 Å². The van der Waals surface area contributed by atoms with Gasteiger partial charge in [0.1, 0.15) is 17.6 Å². The van der Waals surface area contributed by atoms with E-state index >= 15 is 0 Å². The van der Waals surface area contributed by atoms with Crippen LogP contribution in [0.3, 0.4) is 0 Å². The summed E-state index contributed by atoms with van der Waals surface area (Å²) in [5, 5.41) is 0. The molecule has 6 nitrogen and oxygen atoms in total. The number of fused-ring (bicyclic) bond motifs is 2. The van der Waals surface area contributed by atoms with Gasteiger partial charge in [0.15, 0.2) is 0 Å². The molecule has 2 aromatic rings. The van der Waals surface area contributed by atoms with Crippen LogP contribution < -0.4 is 4.90 Å². The summed E-state index contributed by atoms with van der Waals surface area (Å²) < 4.78 is 11.4. The second kappa shape index (κ2) is 5.08. The van der Waals surface area contributed by atoms with Crippen molar-refractivity contribution in [2.75, 3.05) is 31.1 Å². The fourth-order valence-electron chi connectivity index (χ4n) is 4.29. The van der Waals surface area contributed by atoms with E-state index in [0.29, 0.717) is 18.5 Å². The van der Waals surface area contributed by atoms with Gasteiger partial charge in [-0.1, -0.05) is 30.3 Å². The summed E-state index contributed by atoms with van der Waals surface area (Å²) in [4.78, 5) is 20.9. The maximum Gasteiger partial charge on any atom is 0.418 e. The van der Waals surface area contributed by atoms with E-state index in [1.54, 1.807) is 11.2 Å². The Labute approximate surface area is 140 Å². The Morgan fingerprint density at radius 1 is 1.12 bits per heavy atom. The molecule has 1 unspecified atom stereocenters. The first-order valence-electron chi connectivity index (χ1n) is 8.47. The van der Waals surface area contributed by atoms with Crippen molar-refractivity contribution < 1.29 is 13.9 Å². The number of piperidine rings is 3. The fourth-order valence-corrected chi connectivity index (χ4v) is 4.29. The van der Waals surface area contributed by atoms with E-state index < -0.39 is 5.60 Å². The number of hydrogen-bond donors (Lipinski definition) is 0.